The Kier molecular flexibility index (Phi) is 5.40. The van der Waals surface area contributed by atoms with Crippen molar-refractivity contribution in [3.8, 4) is 5.75 Å². The van der Waals surface area contributed by atoms with Crippen molar-refractivity contribution in [3.63, 3.8) is 0 Å². The predicted octanol–water partition coefficient (Wildman–Crippen LogP) is 4.46. The highest BCUT2D eigenvalue weighted by atomic mass is 32.1. The van der Waals surface area contributed by atoms with Crippen LogP contribution < -0.4 is 9.64 Å². The number of hydrogen-bond acceptors (Lipinski definition) is 8. The number of aryl methyl sites for hydroxylation is 1. The second-order valence-corrected chi connectivity index (χ2v) is 9.67. The number of nitro benzene ring substituents is 1. The molecule has 10 heteroatoms. The number of nitro groups is 1. The van der Waals surface area contributed by atoms with Crippen LogP contribution in [0.1, 0.15) is 5.01 Å². The molecule has 5 rings (SSSR count). The zero-order chi connectivity index (χ0) is 22.2. The largest absolute Gasteiger partial charge is 0.483 e. The van der Waals surface area contributed by atoms with E-state index >= 15 is 0 Å². The molecule has 0 spiro atoms. The average molecular weight is 469 g/mol. The molecule has 164 valence electrons. The smallest absolute Gasteiger partial charge is 0.292 e. The number of para-hydroxylation sites is 2. The molecule has 2 aromatic heterocycles. The molecule has 32 heavy (non-hydrogen) atoms. The lowest BCUT2D eigenvalue weighted by atomic mass is 10.2. The summed E-state index contributed by atoms with van der Waals surface area (Å²) in [6.07, 6.45) is 0. The molecule has 2 aromatic carbocycles. The number of piperazine rings is 1. The SMILES string of the molecule is Cc1nc2c(cc(OCC(=O)N3CCN(c4ccccc4[N+](=O)[O-])CC3)c3ccsc32)s1. The van der Waals surface area contributed by atoms with E-state index in [0.717, 1.165) is 25.3 Å². The van der Waals surface area contributed by atoms with Gasteiger partial charge in [-0.05, 0) is 24.4 Å². The van der Waals surface area contributed by atoms with Gasteiger partial charge in [-0.1, -0.05) is 12.1 Å². The number of rotatable bonds is 5. The maximum Gasteiger partial charge on any atom is 0.292 e. The van der Waals surface area contributed by atoms with E-state index in [1.807, 2.05) is 29.3 Å². The minimum absolute atomic E-state index is 0.0419. The number of thiazole rings is 1. The van der Waals surface area contributed by atoms with Gasteiger partial charge in [0, 0.05) is 43.7 Å². The van der Waals surface area contributed by atoms with Crippen molar-refractivity contribution in [2.24, 2.45) is 0 Å². The Morgan fingerprint density at radius 1 is 1.22 bits per heavy atom. The minimum Gasteiger partial charge on any atom is -0.483 e. The van der Waals surface area contributed by atoms with E-state index in [1.54, 1.807) is 45.8 Å². The summed E-state index contributed by atoms with van der Waals surface area (Å²) in [4.78, 5) is 32.1. The molecule has 0 N–H and O–H groups in total. The lowest BCUT2D eigenvalue weighted by Crippen LogP contribution is -2.50. The van der Waals surface area contributed by atoms with Crippen LogP contribution in [0.25, 0.3) is 20.3 Å². The Balaban J connectivity index is 1.25. The first kappa shape index (κ1) is 20.7. The van der Waals surface area contributed by atoms with E-state index in [2.05, 4.69) is 4.98 Å². The molecule has 3 heterocycles. The summed E-state index contributed by atoms with van der Waals surface area (Å²) in [5.41, 5.74) is 1.67. The zero-order valence-electron chi connectivity index (χ0n) is 17.3. The number of ether oxygens (including phenoxy) is 1. The van der Waals surface area contributed by atoms with Gasteiger partial charge in [0.05, 0.1) is 24.8 Å². The van der Waals surface area contributed by atoms with Crippen molar-refractivity contribution >= 4 is 60.3 Å². The predicted molar refractivity (Wildman–Crippen MR) is 127 cm³/mol. The van der Waals surface area contributed by atoms with Crippen LogP contribution in [0.15, 0.2) is 41.8 Å². The van der Waals surface area contributed by atoms with Gasteiger partial charge in [-0.15, -0.1) is 22.7 Å². The first-order valence-corrected chi connectivity index (χ1v) is 11.9. The van der Waals surface area contributed by atoms with E-state index in [9.17, 15) is 14.9 Å². The number of carbonyl (C=O) groups is 1. The van der Waals surface area contributed by atoms with Gasteiger partial charge in [0.15, 0.2) is 6.61 Å². The Labute approximate surface area is 191 Å². The standard InChI is InChI=1S/C22H20N4O4S2/c1-14-23-21-19(32-14)12-18(15-6-11-31-22(15)21)30-13-20(27)25-9-7-24(8-10-25)16-4-2-3-5-17(16)26(28)29/h2-6,11-12H,7-10,13H2,1H3. The molecule has 8 nitrogen and oxygen atoms in total. The van der Waals surface area contributed by atoms with Crippen molar-refractivity contribution in [2.75, 3.05) is 37.7 Å². The van der Waals surface area contributed by atoms with Gasteiger partial charge in [-0.25, -0.2) is 4.98 Å². The fraction of sp³-hybridized carbons (Fsp3) is 0.273. The highest BCUT2D eigenvalue weighted by molar-refractivity contribution is 7.21. The summed E-state index contributed by atoms with van der Waals surface area (Å²) < 4.78 is 8.09. The molecule has 1 aliphatic heterocycles. The number of anilines is 1. The highest BCUT2D eigenvalue weighted by Crippen LogP contribution is 2.39. The van der Waals surface area contributed by atoms with Crippen molar-refractivity contribution in [1.29, 1.82) is 0 Å². The number of fused-ring (bicyclic) bond motifs is 3. The van der Waals surface area contributed by atoms with Crippen LogP contribution in [0.5, 0.6) is 5.75 Å². The molecule has 1 amide bonds. The maximum absolute atomic E-state index is 12.8. The van der Waals surface area contributed by atoms with Gasteiger partial charge >= 0.3 is 0 Å². The van der Waals surface area contributed by atoms with E-state index in [-0.39, 0.29) is 23.1 Å². The van der Waals surface area contributed by atoms with Crippen LogP contribution in [-0.4, -0.2) is 53.5 Å². The van der Waals surface area contributed by atoms with Crippen molar-refractivity contribution in [2.45, 2.75) is 6.92 Å². The van der Waals surface area contributed by atoms with Gasteiger partial charge < -0.3 is 14.5 Å². The Hall–Kier alpha value is -3.24. The molecular weight excluding hydrogens is 448 g/mol. The Bertz CT molecular complexity index is 1320. The number of aromatic nitrogens is 1. The Morgan fingerprint density at radius 2 is 2.00 bits per heavy atom. The quantitative estimate of drug-likeness (QED) is 0.317. The van der Waals surface area contributed by atoms with E-state index < -0.39 is 0 Å². The lowest BCUT2D eigenvalue weighted by Gasteiger charge is -2.35. The van der Waals surface area contributed by atoms with Crippen LogP contribution in [0.4, 0.5) is 11.4 Å². The monoisotopic (exact) mass is 468 g/mol. The van der Waals surface area contributed by atoms with Gasteiger partial charge in [-0.3, -0.25) is 14.9 Å². The number of nitrogens with zero attached hydrogens (tertiary/aromatic N) is 4. The average Bonchev–Trinajstić information content (AvgIpc) is 3.43. The number of thiophene rings is 1. The molecule has 0 saturated carbocycles. The third kappa shape index (κ3) is 3.76. The van der Waals surface area contributed by atoms with E-state index in [4.69, 9.17) is 4.74 Å². The van der Waals surface area contributed by atoms with Crippen molar-refractivity contribution < 1.29 is 14.5 Å². The van der Waals surface area contributed by atoms with Gasteiger partial charge in [0.1, 0.15) is 11.4 Å². The Morgan fingerprint density at radius 3 is 2.78 bits per heavy atom. The fourth-order valence-corrected chi connectivity index (χ4v) is 5.85. The third-order valence-electron chi connectivity index (χ3n) is 5.57. The first-order chi connectivity index (χ1) is 15.5. The summed E-state index contributed by atoms with van der Waals surface area (Å²) in [6, 6.07) is 10.7. The molecule has 4 aromatic rings. The van der Waals surface area contributed by atoms with Crippen LogP contribution in [-0.2, 0) is 4.79 Å². The minimum atomic E-state index is -0.368. The van der Waals surface area contributed by atoms with Gasteiger partial charge in [-0.2, -0.15) is 0 Å². The molecule has 1 aliphatic rings. The second-order valence-electron chi connectivity index (χ2n) is 7.52. The zero-order valence-corrected chi connectivity index (χ0v) is 18.9. The lowest BCUT2D eigenvalue weighted by molar-refractivity contribution is -0.384. The van der Waals surface area contributed by atoms with Gasteiger partial charge in [0.25, 0.3) is 11.6 Å². The number of carbonyl (C=O) groups excluding carboxylic acids is 1. The summed E-state index contributed by atoms with van der Waals surface area (Å²) in [5, 5.41) is 15.3. The number of benzene rings is 2. The van der Waals surface area contributed by atoms with Crippen LogP contribution in [0.3, 0.4) is 0 Å². The third-order valence-corrected chi connectivity index (χ3v) is 7.41. The second kappa shape index (κ2) is 8.36. The molecule has 1 fully saturated rings. The summed E-state index contributed by atoms with van der Waals surface area (Å²) in [7, 11) is 0. The topological polar surface area (TPSA) is 88.8 Å². The van der Waals surface area contributed by atoms with Crippen LogP contribution >= 0.6 is 22.7 Å². The summed E-state index contributed by atoms with van der Waals surface area (Å²) in [6.45, 7) is 4.01. The summed E-state index contributed by atoms with van der Waals surface area (Å²) >= 11 is 3.24. The maximum atomic E-state index is 12.8. The molecule has 1 saturated heterocycles. The van der Waals surface area contributed by atoms with Crippen LogP contribution in [0.2, 0.25) is 0 Å². The highest BCUT2D eigenvalue weighted by Gasteiger charge is 2.26. The fourth-order valence-electron chi connectivity index (χ4n) is 4.02. The van der Waals surface area contributed by atoms with E-state index in [1.165, 1.54) is 6.07 Å². The van der Waals surface area contributed by atoms with Crippen LogP contribution in [0, 0.1) is 17.0 Å². The first-order valence-electron chi connectivity index (χ1n) is 10.2. The molecule has 0 atom stereocenters. The molecule has 0 aliphatic carbocycles. The van der Waals surface area contributed by atoms with Crippen molar-refractivity contribution in [1.82, 2.24) is 9.88 Å². The van der Waals surface area contributed by atoms with E-state index in [0.29, 0.717) is 37.6 Å². The van der Waals surface area contributed by atoms with Gasteiger partial charge in [0.2, 0.25) is 0 Å². The normalized spacial score (nSPS) is 14.3. The molecule has 0 bridgehead atoms. The number of amides is 1. The molecule has 0 radical (unpaired) electrons. The number of hydrogen-bond donors (Lipinski definition) is 0. The molecule has 0 unspecified atom stereocenters. The molecular formula is C22H20N4O4S2. The summed E-state index contributed by atoms with van der Waals surface area (Å²) in [5.74, 6) is 0.612. The van der Waals surface area contributed by atoms with Crippen molar-refractivity contribution in [3.05, 3.63) is 56.9 Å².